The molecule has 30 heavy (non-hydrogen) atoms. The van der Waals surface area contributed by atoms with Crippen molar-refractivity contribution in [2.75, 3.05) is 45.8 Å². The third-order valence-electron chi connectivity index (χ3n) is 4.79. The normalized spacial score (nSPS) is 11.1. The Bertz CT molecular complexity index is 999. The Hall–Kier alpha value is -2.64. The Kier molecular flexibility index (Phi) is 7.29. The summed E-state index contributed by atoms with van der Waals surface area (Å²) in [6.07, 6.45) is 0.849. The third kappa shape index (κ3) is 4.91. The lowest BCUT2D eigenvalue weighted by Crippen LogP contribution is -2.33. The molecule has 0 aliphatic carbocycles. The zero-order valence-corrected chi connectivity index (χ0v) is 19.1. The first-order valence-corrected chi connectivity index (χ1v) is 10.9. The fraction of sp³-hybridized carbons (Fsp3) is 0.391. The molecule has 0 aliphatic rings. The van der Waals surface area contributed by atoms with Crippen LogP contribution in [-0.2, 0) is 0 Å². The minimum atomic E-state index is -0.0625. The summed E-state index contributed by atoms with van der Waals surface area (Å²) >= 11 is 1.53. The second-order valence-corrected chi connectivity index (χ2v) is 8.31. The lowest BCUT2D eigenvalue weighted by atomic mass is 10.2. The first-order chi connectivity index (χ1) is 14.4. The maximum Gasteiger partial charge on any atom is 0.260 e. The molecule has 2 aromatic carbocycles. The topological polar surface area (TPSA) is 54.9 Å². The third-order valence-corrected chi connectivity index (χ3v) is 6.00. The number of hydrogen-bond donors (Lipinski definition) is 0. The Morgan fingerprint density at radius 2 is 1.83 bits per heavy atom. The zero-order valence-electron chi connectivity index (χ0n) is 18.3. The summed E-state index contributed by atoms with van der Waals surface area (Å²) in [6, 6.07) is 11.2. The number of benzene rings is 2. The Balaban J connectivity index is 1.96. The van der Waals surface area contributed by atoms with E-state index in [4.69, 9.17) is 14.5 Å². The summed E-state index contributed by atoms with van der Waals surface area (Å²) in [4.78, 5) is 22.1. The quantitative estimate of drug-likeness (QED) is 0.499. The Morgan fingerprint density at radius 3 is 2.47 bits per heavy atom. The van der Waals surface area contributed by atoms with Crippen LogP contribution < -0.4 is 14.4 Å². The van der Waals surface area contributed by atoms with Crippen molar-refractivity contribution in [2.45, 2.75) is 20.3 Å². The number of aryl methyl sites for hydroxylation is 1. The number of thiazole rings is 1. The monoisotopic (exact) mass is 427 g/mol. The van der Waals surface area contributed by atoms with Gasteiger partial charge in [-0.25, -0.2) is 4.98 Å². The van der Waals surface area contributed by atoms with Gasteiger partial charge in [0.1, 0.15) is 17.0 Å². The highest BCUT2D eigenvalue weighted by Crippen LogP contribution is 2.37. The average Bonchev–Trinajstić information content (AvgIpc) is 3.18. The lowest BCUT2D eigenvalue weighted by Gasteiger charge is -2.21. The second kappa shape index (κ2) is 9.91. The molecule has 1 heterocycles. The van der Waals surface area contributed by atoms with Crippen LogP contribution in [-0.4, -0.2) is 56.7 Å². The van der Waals surface area contributed by atoms with Crippen LogP contribution in [0.4, 0.5) is 5.13 Å². The molecule has 3 rings (SSSR count). The predicted octanol–water partition coefficient (Wildman–Crippen LogP) is 4.61. The molecule has 0 radical (unpaired) electrons. The average molecular weight is 428 g/mol. The number of anilines is 1. The Labute approximate surface area is 182 Å². The zero-order chi connectivity index (χ0) is 21.7. The van der Waals surface area contributed by atoms with E-state index in [0.29, 0.717) is 23.8 Å². The molecule has 1 amide bonds. The van der Waals surface area contributed by atoms with Gasteiger partial charge in [0.15, 0.2) is 5.13 Å². The number of amides is 1. The molecule has 0 unspecified atom stereocenters. The number of ether oxygens (including phenoxy) is 2. The van der Waals surface area contributed by atoms with Gasteiger partial charge in [-0.3, -0.25) is 9.69 Å². The lowest BCUT2D eigenvalue weighted by molar-refractivity contribution is 0.0986. The highest BCUT2D eigenvalue weighted by atomic mass is 32.1. The van der Waals surface area contributed by atoms with Crippen molar-refractivity contribution in [1.29, 1.82) is 0 Å². The van der Waals surface area contributed by atoms with Crippen molar-refractivity contribution in [2.24, 2.45) is 0 Å². The minimum absolute atomic E-state index is 0.0625. The summed E-state index contributed by atoms with van der Waals surface area (Å²) in [5.41, 5.74) is 2.54. The van der Waals surface area contributed by atoms with Crippen LogP contribution in [0.5, 0.6) is 11.5 Å². The van der Waals surface area contributed by atoms with E-state index in [-0.39, 0.29) is 5.91 Å². The van der Waals surface area contributed by atoms with Crippen LogP contribution in [0.15, 0.2) is 36.4 Å². The molecule has 6 nitrogen and oxygen atoms in total. The standard InChI is InChI=1S/C23H29N3O3S/c1-6-29-18-11-9-17(10-12-18)22(27)26(15-7-14-25(3)4)23-24-20-19(28-5)13-8-16(2)21(20)30-23/h8-13H,6-7,14-15H2,1-5H3. The fourth-order valence-corrected chi connectivity index (χ4v) is 4.30. The molecular weight excluding hydrogens is 398 g/mol. The molecule has 1 aromatic heterocycles. The number of carbonyl (C=O) groups excluding carboxylic acids is 1. The maximum absolute atomic E-state index is 13.4. The largest absolute Gasteiger partial charge is 0.494 e. The Morgan fingerprint density at radius 1 is 1.10 bits per heavy atom. The predicted molar refractivity (Wildman–Crippen MR) is 123 cm³/mol. The van der Waals surface area contributed by atoms with E-state index < -0.39 is 0 Å². The molecule has 0 aliphatic heterocycles. The van der Waals surface area contributed by atoms with Crippen molar-refractivity contribution in [3.8, 4) is 11.5 Å². The summed E-state index contributed by atoms with van der Waals surface area (Å²) in [7, 11) is 5.71. The molecule has 0 N–H and O–H groups in total. The van der Waals surface area contributed by atoms with Crippen LogP contribution in [0.2, 0.25) is 0 Å². The molecule has 0 saturated heterocycles. The van der Waals surface area contributed by atoms with Gasteiger partial charge in [0.05, 0.1) is 18.4 Å². The van der Waals surface area contributed by atoms with E-state index in [1.54, 1.807) is 12.0 Å². The smallest absolute Gasteiger partial charge is 0.260 e. The van der Waals surface area contributed by atoms with Crippen LogP contribution in [0, 0.1) is 6.92 Å². The van der Waals surface area contributed by atoms with Gasteiger partial charge in [-0.1, -0.05) is 17.4 Å². The molecule has 0 fully saturated rings. The van der Waals surface area contributed by atoms with E-state index in [2.05, 4.69) is 4.90 Å². The van der Waals surface area contributed by atoms with Crippen molar-refractivity contribution < 1.29 is 14.3 Å². The summed E-state index contributed by atoms with van der Waals surface area (Å²) in [6.45, 7) is 6.06. The van der Waals surface area contributed by atoms with E-state index in [0.717, 1.165) is 40.2 Å². The van der Waals surface area contributed by atoms with Crippen molar-refractivity contribution in [3.63, 3.8) is 0 Å². The number of carbonyl (C=O) groups is 1. The maximum atomic E-state index is 13.4. The molecule has 7 heteroatoms. The molecule has 160 valence electrons. The fourth-order valence-electron chi connectivity index (χ4n) is 3.22. The van der Waals surface area contributed by atoms with Gasteiger partial charge >= 0.3 is 0 Å². The van der Waals surface area contributed by atoms with Crippen molar-refractivity contribution in [1.82, 2.24) is 9.88 Å². The van der Waals surface area contributed by atoms with Gasteiger partial charge in [-0.05, 0) is 76.8 Å². The van der Waals surface area contributed by atoms with Crippen LogP contribution in [0.3, 0.4) is 0 Å². The highest BCUT2D eigenvalue weighted by Gasteiger charge is 2.23. The van der Waals surface area contributed by atoms with E-state index in [9.17, 15) is 4.79 Å². The minimum Gasteiger partial charge on any atom is -0.494 e. The first-order valence-electron chi connectivity index (χ1n) is 10.1. The first kappa shape index (κ1) is 22.1. The van der Waals surface area contributed by atoms with Gasteiger partial charge in [0.2, 0.25) is 0 Å². The number of rotatable bonds is 9. The summed E-state index contributed by atoms with van der Waals surface area (Å²) in [5, 5.41) is 0.690. The molecule has 0 bridgehead atoms. The summed E-state index contributed by atoms with van der Waals surface area (Å²) in [5.74, 6) is 1.42. The molecule has 0 spiro atoms. The number of methoxy groups -OCH3 is 1. The van der Waals surface area contributed by atoms with Gasteiger partial charge < -0.3 is 14.4 Å². The van der Waals surface area contributed by atoms with Crippen LogP contribution in [0.25, 0.3) is 10.2 Å². The van der Waals surface area contributed by atoms with Gasteiger partial charge in [-0.15, -0.1) is 0 Å². The number of fused-ring (bicyclic) bond motifs is 1. The van der Waals surface area contributed by atoms with E-state index in [1.165, 1.54) is 11.3 Å². The molecule has 3 aromatic rings. The van der Waals surface area contributed by atoms with Gasteiger partial charge in [0.25, 0.3) is 5.91 Å². The highest BCUT2D eigenvalue weighted by molar-refractivity contribution is 7.22. The number of aromatic nitrogens is 1. The molecular formula is C23H29N3O3S. The van der Waals surface area contributed by atoms with Crippen molar-refractivity contribution in [3.05, 3.63) is 47.5 Å². The molecule has 0 atom stereocenters. The number of hydrogen-bond acceptors (Lipinski definition) is 6. The summed E-state index contributed by atoms with van der Waals surface area (Å²) < 4.78 is 12.0. The van der Waals surface area contributed by atoms with Crippen LogP contribution >= 0.6 is 11.3 Å². The SMILES string of the molecule is CCOc1ccc(C(=O)N(CCCN(C)C)c2nc3c(OC)ccc(C)c3s2)cc1. The van der Waals surface area contributed by atoms with Gasteiger partial charge in [-0.2, -0.15) is 0 Å². The molecule has 0 saturated carbocycles. The van der Waals surface area contributed by atoms with E-state index in [1.807, 2.05) is 64.3 Å². The second-order valence-electron chi connectivity index (χ2n) is 7.33. The van der Waals surface area contributed by atoms with Crippen LogP contribution in [0.1, 0.15) is 29.3 Å². The number of nitrogens with zero attached hydrogens (tertiary/aromatic N) is 3. The van der Waals surface area contributed by atoms with Crippen molar-refractivity contribution >= 4 is 32.6 Å². The van der Waals surface area contributed by atoms with Gasteiger partial charge in [0, 0.05) is 12.1 Å². The van der Waals surface area contributed by atoms with E-state index >= 15 is 0 Å².